The second-order valence-corrected chi connectivity index (χ2v) is 20.4. The predicted octanol–water partition coefficient (Wildman–Crippen LogP) is 5.46. The quantitative estimate of drug-likeness (QED) is 0.0866. The van der Waals surface area contributed by atoms with Gasteiger partial charge in [-0.3, -0.25) is 14.4 Å². The molecule has 2 aromatic carbocycles. The summed E-state index contributed by atoms with van der Waals surface area (Å²) in [6.45, 7) is 13.9. The number of esters is 5. The van der Waals surface area contributed by atoms with Gasteiger partial charge in [-0.15, -0.1) is 0 Å². The Hall–Kier alpha value is -5.69. The fourth-order valence-electron chi connectivity index (χ4n) is 11.2. The molecule has 4 aliphatic carbocycles. The number of rotatable bonds is 17. The maximum Gasteiger partial charge on any atom is 0.408 e. The fourth-order valence-corrected chi connectivity index (χ4v) is 11.2. The van der Waals surface area contributed by atoms with Crippen LogP contribution in [-0.4, -0.2) is 127 Å². The van der Waals surface area contributed by atoms with Crippen molar-refractivity contribution < 1.29 is 81.3 Å². The Labute approximate surface area is 407 Å². The molecule has 5 aliphatic rings. The number of ether oxygens (including phenoxy) is 9. The third-order valence-electron chi connectivity index (χ3n) is 14.4. The second-order valence-electron chi connectivity index (χ2n) is 20.4. The van der Waals surface area contributed by atoms with Gasteiger partial charge >= 0.3 is 35.9 Å². The highest BCUT2D eigenvalue weighted by molar-refractivity contribution is 5.98. The molecular formula is C52H65NO17. The molecule has 2 bridgehead atoms. The van der Waals surface area contributed by atoms with Crippen molar-refractivity contribution >= 4 is 41.7 Å². The van der Waals surface area contributed by atoms with E-state index in [1.165, 1.54) is 19.1 Å². The summed E-state index contributed by atoms with van der Waals surface area (Å²) in [6.07, 6.45) is -7.73. The summed E-state index contributed by atoms with van der Waals surface area (Å²) in [5.41, 5.74) is -7.25. The van der Waals surface area contributed by atoms with Gasteiger partial charge in [-0.25, -0.2) is 19.2 Å². The SMILES string of the molecule is CCCOCCOCC(=O)O[C@@H](C(=O)OC1C[C@@]2(O)[C@@H](OC(=O)c3ccccc3)[C@@H]3[C@]4(OC(C)=O)CO[C@@H]4C[C@@H]4C[C@@]43C(=O)[C@H](OC(C)=O)C(=C1C)C2(C)C)[C@@H](NC(=O)OC(C)(C)C)c1ccccc1. The van der Waals surface area contributed by atoms with E-state index in [4.69, 9.17) is 42.6 Å². The molecule has 1 aliphatic heterocycles. The van der Waals surface area contributed by atoms with E-state index in [0.29, 0.717) is 18.6 Å². The molecule has 7 rings (SSSR count). The van der Waals surface area contributed by atoms with Gasteiger partial charge in [0.25, 0.3) is 0 Å². The highest BCUT2D eigenvalue weighted by Gasteiger charge is 2.84. The standard InChI is InChI=1S/C52H65NO17/c1-10-21-62-22-23-63-27-37(56)67-41(39(32-17-13-11-14-18-32)53-47(60)70-48(5,6)7)46(59)66-35-26-52(61)44(68-45(58)33-19-15-12-16-20-33)42-50(25-34(50)24-36-51(42,28-64-36)69-31(4)55)43(57)40(65-30(3)54)38(29(35)2)49(52,8)9/h11-20,34-36,39-42,44,61H,10,21-28H2,1-9H3,(H,53,60)/t34-,35?,36-,39+,40-,41-,42+,44+,50-,51+,52-/m1/s1. The Bertz CT molecular complexity index is 2360. The van der Waals surface area contributed by atoms with Gasteiger partial charge in [-0.05, 0) is 81.7 Å². The van der Waals surface area contributed by atoms with E-state index in [9.17, 15) is 29.1 Å². The third-order valence-corrected chi connectivity index (χ3v) is 14.4. The van der Waals surface area contributed by atoms with Gasteiger partial charge in [0, 0.05) is 37.7 Å². The van der Waals surface area contributed by atoms with Gasteiger partial charge in [0.05, 0.1) is 31.3 Å². The molecule has 1 heterocycles. The zero-order chi connectivity index (χ0) is 51.0. The van der Waals surface area contributed by atoms with E-state index in [1.54, 1.807) is 90.1 Å². The average molecular weight is 976 g/mol. The lowest BCUT2D eigenvalue weighted by molar-refractivity contribution is -0.323. The molecule has 70 heavy (non-hydrogen) atoms. The van der Waals surface area contributed by atoms with Crippen molar-refractivity contribution in [2.75, 3.05) is 33.0 Å². The van der Waals surface area contributed by atoms with Gasteiger partial charge < -0.3 is 53.1 Å². The molecule has 3 saturated carbocycles. The Balaban J connectivity index is 1.36. The maximum absolute atomic E-state index is 15.7. The molecule has 1 spiro atoms. The van der Waals surface area contributed by atoms with Crippen molar-refractivity contribution in [3.8, 4) is 0 Å². The van der Waals surface area contributed by atoms with E-state index >= 15 is 9.59 Å². The minimum Gasteiger partial charge on any atom is -0.455 e. The van der Waals surface area contributed by atoms with Gasteiger partial charge in [-0.2, -0.15) is 0 Å². The number of alkyl carbamates (subject to hydrolysis) is 1. The Morgan fingerprint density at radius 2 is 1.53 bits per heavy atom. The van der Waals surface area contributed by atoms with Crippen LogP contribution in [-0.2, 0) is 66.6 Å². The minimum absolute atomic E-state index is 0.0264. The number of fused-ring (bicyclic) bond motifs is 4. The van der Waals surface area contributed by atoms with Crippen molar-refractivity contribution in [3.63, 3.8) is 0 Å². The number of hydrogen-bond acceptors (Lipinski definition) is 17. The molecule has 380 valence electrons. The number of Topliss-reactive ketones (excluding diaryl/α,β-unsaturated/α-hetero) is 1. The lowest BCUT2D eigenvalue weighted by Gasteiger charge is -2.64. The van der Waals surface area contributed by atoms with Gasteiger partial charge in [0.15, 0.2) is 17.5 Å². The van der Waals surface area contributed by atoms with Gasteiger partial charge in [0.1, 0.15) is 42.2 Å². The van der Waals surface area contributed by atoms with Crippen LogP contribution in [0.2, 0.25) is 0 Å². The Morgan fingerprint density at radius 3 is 2.13 bits per heavy atom. The Kier molecular flexibility index (Phi) is 15.0. The topological polar surface area (TPSA) is 235 Å². The normalized spacial score (nSPS) is 30.2. The van der Waals surface area contributed by atoms with Crippen LogP contribution in [0, 0.1) is 22.7 Å². The summed E-state index contributed by atoms with van der Waals surface area (Å²) in [4.78, 5) is 98.7. The van der Waals surface area contributed by atoms with Crippen molar-refractivity contribution in [2.24, 2.45) is 22.7 Å². The maximum atomic E-state index is 15.7. The summed E-state index contributed by atoms with van der Waals surface area (Å²) in [7, 11) is 0. The lowest BCUT2D eigenvalue weighted by Crippen LogP contribution is -2.78. The number of amides is 1. The number of hydrogen-bond donors (Lipinski definition) is 2. The van der Waals surface area contributed by atoms with Crippen molar-refractivity contribution in [1.29, 1.82) is 0 Å². The number of aliphatic hydroxyl groups is 1. The first-order chi connectivity index (χ1) is 33.0. The van der Waals surface area contributed by atoms with Crippen molar-refractivity contribution in [3.05, 3.63) is 82.9 Å². The van der Waals surface area contributed by atoms with Gasteiger partial charge in [-0.1, -0.05) is 69.3 Å². The van der Waals surface area contributed by atoms with E-state index < -0.39 is 131 Å². The molecule has 2 N–H and O–H groups in total. The van der Waals surface area contributed by atoms with Crippen LogP contribution in [0.25, 0.3) is 0 Å². The molecule has 18 heteroatoms. The summed E-state index contributed by atoms with van der Waals surface area (Å²) in [6, 6.07) is 14.8. The zero-order valence-corrected chi connectivity index (χ0v) is 41.2. The van der Waals surface area contributed by atoms with E-state index in [0.717, 1.165) is 13.3 Å². The molecule has 0 radical (unpaired) electrons. The summed E-state index contributed by atoms with van der Waals surface area (Å²) in [5, 5.41) is 16.6. The monoisotopic (exact) mass is 975 g/mol. The zero-order valence-electron chi connectivity index (χ0n) is 41.2. The van der Waals surface area contributed by atoms with E-state index in [2.05, 4.69) is 5.32 Å². The second kappa shape index (κ2) is 20.2. The minimum atomic E-state index is -2.32. The number of carbonyl (C=O) groups excluding carboxylic acids is 7. The van der Waals surface area contributed by atoms with E-state index in [-0.39, 0.29) is 43.0 Å². The molecule has 1 unspecified atom stereocenters. The number of ketones is 1. The molecule has 4 fully saturated rings. The highest BCUT2D eigenvalue weighted by Crippen LogP contribution is 2.74. The van der Waals surface area contributed by atoms with Crippen LogP contribution in [0.15, 0.2) is 71.8 Å². The van der Waals surface area contributed by atoms with E-state index in [1.807, 2.05) is 6.92 Å². The van der Waals surface area contributed by atoms with Crippen LogP contribution in [0.4, 0.5) is 4.79 Å². The number of nitrogens with one attached hydrogen (secondary N) is 1. The molecule has 0 aromatic heterocycles. The van der Waals surface area contributed by atoms with Crippen LogP contribution < -0.4 is 5.32 Å². The Morgan fingerprint density at radius 1 is 0.871 bits per heavy atom. The third kappa shape index (κ3) is 9.97. The van der Waals surface area contributed by atoms with Crippen LogP contribution in [0.1, 0.15) is 110 Å². The summed E-state index contributed by atoms with van der Waals surface area (Å²) >= 11 is 0. The van der Waals surface area contributed by atoms with Gasteiger partial charge in [0.2, 0.25) is 6.10 Å². The number of carbonyl (C=O) groups is 7. The first-order valence-electron chi connectivity index (χ1n) is 23.8. The first kappa shape index (κ1) is 52.1. The van der Waals surface area contributed by atoms with Crippen molar-refractivity contribution in [1.82, 2.24) is 5.32 Å². The molecule has 2 aromatic rings. The predicted molar refractivity (Wildman–Crippen MR) is 245 cm³/mol. The largest absolute Gasteiger partial charge is 0.455 e. The van der Waals surface area contributed by atoms with Crippen molar-refractivity contribution in [2.45, 2.75) is 141 Å². The molecule has 1 amide bonds. The molecule has 1 saturated heterocycles. The molecular weight excluding hydrogens is 911 g/mol. The number of benzene rings is 2. The van der Waals surface area contributed by atoms with Crippen LogP contribution >= 0.6 is 0 Å². The summed E-state index contributed by atoms with van der Waals surface area (Å²) in [5.74, 6) is -6.84. The smallest absolute Gasteiger partial charge is 0.408 e. The fraction of sp³-hybridized carbons (Fsp3) is 0.596. The first-order valence-corrected chi connectivity index (χ1v) is 23.8. The lowest BCUT2D eigenvalue weighted by atomic mass is 9.48. The van der Waals surface area contributed by atoms with Crippen LogP contribution in [0.5, 0.6) is 0 Å². The molecule has 11 atom stereocenters. The van der Waals surface area contributed by atoms with Crippen LogP contribution in [0.3, 0.4) is 0 Å². The molecule has 18 nitrogen and oxygen atoms in total. The highest BCUT2D eigenvalue weighted by atomic mass is 16.6. The summed E-state index contributed by atoms with van der Waals surface area (Å²) < 4.78 is 53.6. The average Bonchev–Trinajstić information content (AvgIpc) is 4.02.